The first-order chi connectivity index (χ1) is 16.4. The highest BCUT2D eigenvalue weighted by Gasteiger charge is 2.20. The number of methoxy groups -OCH3 is 2. The van der Waals surface area contributed by atoms with E-state index >= 15 is 0 Å². The van der Waals surface area contributed by atoms with Gasteiger partial charge in [0.25, 0.3) is 11.8 Å². The standard InChI is InChI=1S/C27H27N3O4/c1-16-6-5-7-19(12-16)26(31)30-24-20-13-17(2)8-10-21(20)29-25(24)27(32)28-15-18-9-11-22(33-3)23(14-18)34-4/h5-14,29H,15H2,1-4H3,(H,28,32)(H,30,31). The summed E-state index contributed by atoms with van der Waals surface area (Å²) in [5.41, 5.74) is 4.89. The van der Waals surface area contributed by atoms with E-state index in [0.29, 0.717) is 28.4 Å². The van der Waals surface area contributed by atoms with Crippen molar-refractivity contribution in [2.45, 2.75) is 20.4 Å². The van der Waals surface area contributed by atoms with Gasteiger partial charge in [-0.1, -0.05) is 35.4 Å². The van der Waals surface area contributed by atoms with Gasteiger partial charge in [0.2, 0.25) is 0 Å². The quantitative estimate of drug-likeness (QED) is 0.365. The fourth-order valence-corrected chi connectivity index (χ4v) is 3.84. The van der Waals surface area contributed by atoms with Gasteiger partial charge in [-0.15, -0.1) is 0 Å². The molecule has 0 aliphatic heterocycles. The first-order valence-corrected chi connectivity index (χ1v) is 10.9. The van der Waals surface area contributed by atoms with Crippen LogP contribution in [0.5, 0.6) is 11.5 Å². The molecule has 4 aromatic rings. The van der Waals surface area contributed by atoms with E-state index in [2.05, 4.69) is 15.6 Å². The first kappa shape index (κ1) is 22.9. The third kappa shape index (κ3) is 4.73. The smallest absolute Gasteiger partial charge is 0.270 e. The molecule has 7 heteroatoms. The number of aryl methyl sites for hydroxylation is 2. The molecule has 0 aliphatic carbocycles. The molecule has 0 atom stereocenters. The van der Waals surface area contributed by atoms with Crippen LogP contribution >= 0.6 is 0 Å². The number of aromatic nitrogens is 1. The van der Waals surface area contributed by atoms with Crippen LogP contribution in [-0.2, 0) is 6.54 Å². The number of aromatic amines is 1. The lowest BCUT2D eigenvalue weighted by atomic mass is 10.1. The zero-order chi connectivity index (χ0) is 24.2. The molecule has 0 unspecified atom stereocenters. The van der Waals surface area contributed by atoms with Gasteiger partial charge in [-0.3, -0.25) is 9.59 Å². The Kier molecular flexibility index (Phi) is 6.54. The second kappa shape index (κ2) is 9.70. The average molecular weight is 458 g/mol. The van der Waals surface area contributed by atoms with Crippen molar-refractivity contribution in [3.63, 3.8) is 0 Å². The molecule has 0 aliphatic rings. The summed E-state index contributed by atoms with van der Waals surface area (Å²) in [6, 6.07) is 18.6. The molecule has 0 saturated heterocycles. The number of ether oxygens (including phenoxy) is 2. The number of rotatable bonds is 7. The summed E-state index contributed by atoms with van der Waals surface area (Å²) in [6.07, 6.45) is 0. The van der Waals surface area contributed by atoms with E-state index in [1.165, 1.54) is 0 Å². The highest BCUT2D eigenvalue weighted by atomic mass is 16.5. The number of benzene rings is 3. The van der Waals surface area contributed by atoms with Crippen LogP contribution < -0.4 is 20.1 Å². The Balaban J connectivity index is 1.62. The van der Waals surface area contributed by atoms with Gasteiger partial charge >= 0.3 is 0 Å². The molecule has 2 amide bonds. The maximum Gasteiger partial charge on any atom is 0.270 e. The molecular formula is C27H27N3O4. The fourth-order valence-electron chi connectivity index (χ4n) is 3.84. The highest BCUT2D eigenvalue weighted by molar-refractivity contribution is 6.15. The minimum atomic E-state index is -0.330. The molecular weight excluding hydrogens is 430 g/mol. The summed E-state index contributed by atoms with van der Waals surface area (Å²) in [5.74, 6) is 0.592. The number of nitrogens with one attached hydrogen (secondary N) is 3. The van der Waals surface area contributed by atoms with Crippen molar-refractivity contribution in [1.82, 2.24) is 10.3 Å². The minimum Gasteiger partial charge on any atom is -0.493 e. The van der Waals surface area contributed by atoms with Gasteiger partial charge in [0.1, 0.15) is 5.69 Å². The summed E-state index contributed by atoms with van der Waals surface area (Å²) >= 11 is 0. The summed E-state index contributed by atoms with van der Waals surface area (Å²) in [6.45, 7) is 4.17. The lowest BCUT2D eigenvalue weighted by molar-refractivity contribution is 0.0947. The van der Waals surface area contributed by atoms with E-state index in [-0.39, 0.29) is 18.4 Å². The fraction of sp³-hybridized carbons (Fsp3) is 0.185. The van der Waals surface area contributed by atoms with Crippen LogP contribution in [0.15, 0.2) is 60.7 Å². The SMILES string of the molecule is COc1ccc(CNC(=O)c2[nH]c3ccc(C)cc3c2NC(=O)c2cccc(C)c2)cc1OC. The number of anilines is 1. The third-order valence-corrected chi connectivity index (χ3v) is 5.60. The topological polar surface area (TPSA) is 92.5 Å². The van der Waals surface area contributed by atoms with Gasteiger partial charge in [-0.05, 0) is 55.8 Å². The monoisotopic (exact) mass is 457 g/mol. The van der Waals surface area contributed by atoms with Crippen molar-refractivity contribution in [2.75, 3.05) is 19.5 Å². The van der Waals surface area contributed by atoms with Crippen molar-refractivity contribution < 1.29 is 19.1 Å². The van der Waals surface area contributed by atoms with Crippen molar-refractivity contribution in [1.29, 1.82) is 0 Å². The molecule has 0 saturated carbocycles. The van der Waals surface area contributed by atoms with Crippen LogP contribution in [-0.4, -0.2) is 31.0 Å². The molecule has 1 heterocycles. The molecule has 0 spiro atoms. The zero-order valence-electron chi connectivity index (χ0n) is 19.6. The van der Waals surface area contributed by atoms with Gasteiger partial charge in [0, 0.05) is 23.0 Å². The number of H-pyrrole nitrogens is 1. The van der Waals surface area contributed by atoms with Gasteiger partial charge < -0.3 is 25.1 Å². The number of hydrogen-bond donors (Lipinski definition) is 3. The molecule has 4 rings (SSSR count). The Hall–Kier alpha value is -4.26. The Morgan fingerprint density at radius 3 is 2.35 bits per heavy atom. The molecule has 3 aromatic carbocycles. The van der Waals surface area contributed by atoms with E-state index in [0.717, 1.165) is 27.6 Å². The van der Waals surface area contributed by atoms with Crippen molar-refractivity contribution in [2.24, 2.45) is 0 Å². The Labute approximate surface area is 198 Å². The lowest BCUT2D eigenvalue weighted by Crippen LogP contribution is -2.25. The molecule has 3 N–H and O–H groups in total. The van der Waals surface area contributed by atoms with Crippen LogP contribution in [0, 0.1) is 13.8 Å². The van der Waals surface area contributed by atoms with Crippen LogP contribution in [0.3, 0.4) is 0 Å². The molecule has 7 nitrogen and oxygen atoms in total. The summed E-state index contributed by atoms with van der Waals surface area (Å²) in [4.78, 5) is 29.4. The molecule has 0 radical (unpaired) electrons. The van der Waals surface area contributed by atoms with E-state index < -0.39 is 0 Å². The third-order valence-electron chi connectivity index (χ3n) is 5.60. The van der Waals surface area contributed by atoms with E-state index in [4.69, 9.17) is 9.47 Å². The molecule has 174 valence electrons. The zero-order valence-corrected chi connectivity index (χ0v) is 19.6. The van der Waals surface area contributed by atoms with E-state index in [9.17, 15) is 9.59 Å². The van der Waals surface area contributed by atoms with Crippen molar-refractivity contribution >= 4 is 28.4 Å². The van der Waals surface area contributed by atoms with E-state index in [1.54, 1.807) is 26.4 Å². The largest absolute Gasteiger partial charge is 0.493 e. The van der Waals surface area contributed by atoms with Crippen molar-refractivity contribution in [3.05, 3.63) is 88.6 Å². The number of amides is 2. The molecule has 0 bridgehead atoms. The maximum atomic E-state index is 13.2. The minimum absolute atomic E-state index is 0.277. The number of carbonyl (C=O) groups excluding carboxylic acids is 2. The number of fused-ring (bicyclic) bond motifs is 1. The summed E-state index contributed by atoms with van der Waals surface area (Å²) < 4.78 is 10.6. The number of hydrogen-bond acceptors (Lipinski definition) is 4. The Bertz CT molecular complexity index is 1370. The van der Waals surface area contributed by atoms with Crippen LogP contribution in [0.4, 0.5) is 5.69 Å². The Morgan fingerprint density at radius 2 is 1.62 bits per heavy atom. The predicted octanol–water partition coefficient (Wildman–Crippen LogP) is 4.98. The number of carbonyl (C=O) groups is 2. The lowest BCUT2D eigenvalue weighted by Gasteiger charge is -2.11. The van der Waals surface area contributed by atoms with Crippen LogP contribution in [0.25, 0.3) is 10.9 Å². The predicted molar refractivity (Wildman–Crippen MR) is 133 cm³/mol. The Morgan fingerprint density at radius 1 is 0.853 bits per heavy atom. The summed E-state index contributed by atoms with van der Waals surface area (Å²) in [7, 11) is 3.14. The molecule has 1 aromatic heterocycles. The van der Waals surface area contributed by atoms with Crippen LogP contribution in [0.2, 0.25) is 0 Å². The van der Waals surface area contributed by atoms with Crippen LogP contribution in [0.1, 0.15) is 37.5 Å². The van der Waals surface area contributed by atoms with Gasteiger partial charge in [0.15, 0.2) is 11.5 Å². The first-order valence-electron chi connectivity index (χ1n) is 10.9. The van der Waals surface area contributed by atoms with Gasteiger partial charge in [-0.2, -0.15) is 0 Å². The second-order valence-corrected chi connectivity index (χ2v) is 8.12. The molecule has 34 heavy (non-hydrogen) atoms. The van der Waals surface area contributed by atoms with Crippen molar-refractivity contribution in [3.8, 4) is 11.5 Å². The highest BCUT2D eigenvalue weighted by Crippen LogP contribution is 2.30. The second-order valence-electron chi connectivity index (χ2n) is 8.12. The van der Waals surface area contributed by atoms with E-state index in [1.807, 2.05) is 62.4 Å². The van der Waals surface area contributed by atoms with Gasteiger partial charge in [0.05, 0.1) is 19.9 Å². The maximum absolute atomic E-state index is 13.2. The molecule has 0 fully saturated rings. The van der Waals surface area contributed by atoms with Gasteiger partial charge in [-0.25, -0.2) is 0 Å². The summed E-state index contributed by atoms with van der Waals surface area (Å²) in [5, 5.41) is 6.65. The average Bonchev–Trinajstić information content (AvgIpc) is 3.19. The normalized spacial score (nSPS) is 10.7.